The molecule has 0 amide bonds. The molecule has 0 spiro atoms. The lowest BCUT2D eigenvalue weighted by Gasteiger charge is -2.14. The van der Waals surface area contributed by atoms with E-state index in [0.717, 1.165) is 29.1 Å². The van der Waals surface area contributed by atoms with Crippen LogP contribution in [0.4, 0.5) is 0 Å². The van der Waals surface area contributed by atoms with Crippen LogP contribution in [-0.2, 0) is 6.54 Å². The average molecular weight is 318 g/mol. The summed E-state index contributed by atoms with van der Waals surface area (Å²) >= 11 is 9.46. The summed E-state index contributed by atoms with van der Waals surface area (Å²) in [5.74, 6) is 0. The Morgan fingerprint density at radius 3 is 2.71 bits per heavy atom. The van der Waals surface area contributed by atoms with Crippen molar-refractivity contribution in [1.82, 2.24) is 10.2 Å². The second-order valence-corrected chi connectivity index (χ2v) is 5.86. The molecule has 1 N–H and O–H groups in total. The van der Waals surface area contributed by atoms with Gasteiger partial charge in [-0.15, -0.1) is 0 Å². The molecule has 0 radical (unpaired) electrons. The van der Waals surface area contributed by atoms with Crippen LogP contribution >= 0.6 is 27.5 Å². The fraction of sp³-hybridized carbons (Fsp3) is 0.538. The summed E-state index contributed by atoms with van der Waals surface area (Å²) in [6.07, 6.45) is 2.72. The van der Waals surface area contributed by atoms with Gasteiger partial charge in [-0.2, -0.15) is 0 Å². The van der Waals surface area contributed by atoms with E-state index in [1.54, 1.807) is 0 Å². The molecule has 2 rings (SSSR count). The second kappa shape index (κ2) is 6.74. The SMILES string of the molecule is Clc1cc(Br)cc(CNCCN2CCCC2)c1. The van der Waals surface area contributed by atoms with Gasteiger partial charge in [0.1, 0.15) is 0 Å². The molecular formula is C13H18BrClN2. The van der Waals surface area contributed by atoms with Gasteiger partial charge in [0.25, 0.3) is 0 Å². The van der Waals surface area contributed by atoms with Gasteiger partial charge < -0.3 is 10.2 Å². The maximum atomic E-state index is 6.00. The van der Waals surface area contributed by atoms with Gasteiger partial charge in [-0.1, -0.05) is 27.5 Å². The average Bonchev–Trinajstić information content (AvgIpc) is 2.76. The third kappa shape index (κ3) is 4.59. The van der Waals surface area contributed by atoms with Crippen molar-refractivity contribution >= 4 is 27.5 Å². The monoisotopic (exact) mass is 316 g/mol. The first-order chi connectivity index (χ1) is 8.24. The van der Waals surface area contributed by atoms with Crippen LogP contribution in [0.1, 0.15) is 18.4 Å². The summed E-state index contributed by atoms with van der Waals surface area (Å²) in [5.41, 5.74) is 1.23. The van der Waals surface area contributed by atoms with Crippen LogP contribution in [0.25, 0.3) is 0 Å². The van der Waals surface area contributed by atoms with Crippen molar-refractivity contribution in [3.63, 3.8) is 0 Å². The minimum absolute atomic E-state index is 0.788. The Hall–Kier alpha value is -0.0900. The van der Waals surface area contributed by atoms with Gasteiger partial charge in [0.15, 0.2) is 0 Å². The molecule has 0 unspecified atom stereocenters. The van der Waals surface area contributed by atoms with Crippen LogP contribution < -0.4 is 5.32 Å². The Balaban J connectivity index is 1.70. The summed E-state index contributed by atoms with van der Waals surface area (Å²) in [5, 5.41) is 4.25. The molecule has 1 aliphatic heterocycles. The number of likely N-dealkylation sites (tertiary alicyclic amines) is 1. The lowest BCUT2D eigenvalue weighted by atomic mass is 10.2. The summed E-state index contributed by atoms with van der Waals surface area (Å²) in [6, 6.07) is 6.03. The molecule has 0 bridgehead atoms. The fourth-order valence-corrected chi connectivity index (χ4v) is 3.12. The molecule has 1 aromatic rings. The maximum absolute atomic E-state index is 6.00. The van der Waals surface area contributed by atoms with Gasteiger partial charge in [-0.05, 0) is 49.7 Å². The van der Waals surface area contributed by atoms with Crippen molar-refractivity contribution in [2.45, 2.75) is 19.4 Å². The highest BCUT2D eigenvalue weighted by molar-refractivity contribution is 9.10. The lowest BCUT2D eigenvalue weighted by molar-refractivity contribution is 0.335. The predicted octanol–water partition coefficient (Wildman–Crippen LogP) is 3.29. The van der Waals surface area contributed by atoms with Crippen molar-refractivity contribution in [3.8, 4) is 0 Å². The highest BCUT2D eigenvalue weighted by atomic mass is 79.9. The molecule has 1 saturated heterocycles. The van der Waals surface area contributed by atoms with E-state index in [0.29, 0.717) is 0 Å². The maximum Gasteiger partial charge on any atom is 0.0420 e. The topological polar surface area (TPSA) is 15.3 Å². The van der Waals surface area contributed by atoms with E-state index >= 15 is 0 Å². The molecule has 1 aromatic carbocycles. The van der Waals surface area contributed by atoms with E-state index in [4.69, 9.17) is 11.6 Å². The third-order valence-corrected chi connectivity index (χ3v) is 3.73. The van der Waals surface area contributed by atoms with Crippen molar-refractivity contribution in [2.24, 2.45) is 0 Å². The van der Waals surface area contributed by atoms with Crippen molar-refractivity contribution in [1.29, 1.82) is 0 Å². The Kier molecular flexibility index (Phi) is 5.29. The van der Waals surface area contributed by atoms with Crippen molar-refractivity contribution in [3.05, 3.63) is 33.3 Å². The van der Waals surface area contributed by atoms with Crippen LogP contribution in [-0.4, -0.2) is 31.1 Å². The van der Waals surface area contributed by atoms with Gasteiger partial charge in [-0.25, -0.2) is 0 Å². The van der Waals surface area contributed by atoms with Crippen molar-refractivity contribution < 1.29 is 0 Å². The molecule has 2 nitrogen and oxygen atoms in total. The number of hydrogen-bond donors (Lipinski definition) is 1. The van der Waals surface area contributed by atoms with Gasteiger partial charge in [0.05, 0.1) is 0 Å². The van der Waals surface area contributed by atoms with E-state index in [1.807, 2.05) is 12.1 Å². The quantitative estimate of drug-likeness (QED) is 0.838. The summed E-state index contributed by atoms with van der Waals surface area (Å²) < 4.78 is 1.04. The Morgan fingerprint density at radius 2 is 2.00 bits per heavy atom. The van der Waals surface area contributed by atoms with Crippen LogP contribution in [0.15, 0.2) is 22.7 Å². The first-order valence-corrected chi connectivity index (χ1v) is 7.29. The van der Waals surface area contributed by atoms with Gasteiger partial charge in [0.2, 0.25) is 0 Å². The summed E-state index contributed by atoms with van der Waals surface area (Å²) in [4.78, 5) is 2.51. The van der Waals surface area contributed by atoms with Crippen molar-refractivity contribution in [2.75, 3.05) is 26.2 Å². The van der Waals surface area contributed by atoms with E-state index < -0.39 is 0 Å². The van der Waals surface area contributed by atoms with Gasteiger partial charge in [-0.3, -0.25) is 0 Å². The normalized spacial score (nSPS) is 16.6. The first kappa shape index (κ1) is 13.3. The second-order valence-electron chi connectivity index (χ2n) is 4.50. The van der Waals surface area contributed by atoms with Crippen LogP contribution in [0.3, 0.4) is 0 Å². The van der Waals surface area contributed by atoms with Gasteiger partial charge >= 0.3 is 0 Å². The standard InChI is InChI=1S/C13H18BrClN2/c14-12-7-11(8-13(15)9-12)10-16-3-6-17-4-1-2-5-17/h7-9,16H,1-6,10H2. The Morgan fingerprint density at radius 1 is 1.24 bits per heavy atom. The molecule has 17 heavy (non-hydrogen) atoms. The molecule has 0 saturated carbocycles. The zero-order chi connectivity index (χ0) is 12.1. The van der Waals surface area contributed by atoms with E-state index in [-0.39, 0.29) is 0 Å². The highest BCUT2D eigenvalue weighted by Crippen LogP contribution is 2.19. The number of nitrogens with one attached hydrogen (secondary N) is 1. The Labute approximate surface area is 116 Å². The number of rotatable bonds is 5. The minimum atomic E-state index is 0.788. The van der Waals surface area contributed by atoms with Crippen LogP contribution in [0.5, 0.6) is 0 Å². The number of hydrogen-bond acceptors (Lipinski definition) is 2. The molecular weight excluding hydrogens is 300 g/mol. The molecule has 94 valence electrons. The predicted molar refractivity (Wildman–Crippen MR) is 76.5 cm³/mol. The fourth-order valence-electron chi connectivity index (χ4n) is 2.19. The molecule has 0 aromatic heterocycles. The largest absolute Gasteiger partial charge is 0.311 e. The van der Waals surface area contributed by atoms with E-state index in [1.165, 1.54) is 31.5 Å². The van der Waals surface area contributed by atoms with Gasteiger partial charge in [0, 0.05) is 29.1 Å². The van der Waals surface area contributed by atoms with E-state index in [2.05, 4.69) is 32.2 Å². The lowest BCUT2D eigenvalue weighted by Crippen LogP contribution is -2.29. The molecule has 4 heteroatoms. The Bertz CT molecular complexity index is 344. The molecule has 1 aliphatic rings. The van der Waals surface area contributed by atoms with Crippen LogP contribution in [0.2, 0.25) is 5.02 Å². The smallest absolute Gasteiger partial charge is 0.0420 e. The zero-order valence-electron chi connectivity index (χ0n) is 9.88. The summed E-state index contributed by atoms with van der Waals surface area (Å²) in [6.45, 7) is 5.62. The minimum Gasteiger partial charge on any atom is -0.311 e. The highest BCUT2D eigenvalue weighted by Gasteiger charge is 2.09. The molecule has 0 aliphatic carbocycles. The zero-order valence-corrected chi connectivity index (χ0v) is 12.2. The number of benzene rings is 1. The summed E-state index contributed by atoms with van der Waals surface area (Å²) in [7, 11) is 0. The molecule has 1 heterocycles. The van der Waals surface area contributed by atoms with Crippen LogP contribution in [0, 0.1) is 0 Å². The number of nitrogens with zero attached hydrogens (tertiary/aromatic N) is 1. The van der Waals surface area contributed by atoms with E-state index in [9.17, 15) is 0 Å². The molecule has 0 atom stereocenters. The third-order valence-electron chi connectivity index (χ3n) is 3.05. The number of halogens is 2. The molecule has 1 fully saturated rings. The first-order valence-electron chi connectivity index (χ1n) is 6.12.